The number of rotatable bonds is 10. The molecule has 3 aromatic carbocycles. The second-order valence-electron chi connectivity index (χ2n) is 13.6. The molecule has 48 heavy (non-hydrogen) atoms. The summed E-state index contributed by atoms with van der Waals surface area (Å²) in [6, 6.07) is 24.0. The van der Waals surface area contributed by atoms with Gasteiger partial charge in [0.2, 0.25) is 12.0 Å². The van der Waals surface area contributed by atoms with Crippen LogP contribution in [0.5, 0.6) is 11.5 Å². The quantitative estimate of drug-likeness (QED) is 0.123. The number of aromatic nitrogens is 2. The van der Waals surface area contributed by atoms with Gasteiger partial charge in [0.15, 0.2) is 6.23 Å². The first-order valence-electron chi connectivity index (χ1n) is 15.7. The average molecular weight is 679 g/mol. The molecule has 1 aliphatic rings. The molecule has 0 saturated carbocycles. The maximum absolute atomic E-state index is 17.3. The lowest BCUT2D eigenvalue weighted by Gasteiger charge is -2.48. The Hall–Kier alpha value is -4.07. The van der Waals surface area contributed by atoms with Gasteiger partial charge in [-0.3, -0.25) is 14.3 Å². The van der Waals surface area contributed by atoms with Gasteiger partial charge in [-0.15, -0.1) is 0 Å². The van der Waals surface area contributed by atoms with Crippen LogP contribution in [0.1, 0.15) is 43.7 Å². The number of aromatic amines is 1. The molecule has 12 heteroatoms. The fraction of sp³-hybridized carbons (Fsp3) is 0.389. The minimum absolute atomic E-state index is 0.433. The van der Waals surface area contributed by atoms with E-state index < -0.39 is 60.0 Å². The Morgan fingerprint density at radius 1 is 0.875 bits per heavy atom. The monoisotopic (exact) mass is 678 g/mol. The lowest BCUT2D eigenvalue weighted by molar-refractivity contribution is -0.294. The maximum atomic E-state index is 17.3. The van der Waals surface area contributed by atoms with Crippen molar-refractivity contribution in [1.29, 1.82) is 0 Å². The topological polar surface area (TPSA) is 132 Å². The summed E-state index contributed by atoms with van der Waals surface area (Å²) in [4.78, 5) is 27.0. The van der Waals surface area contributed by atoms with Gasteiger partial charge in [0.25, 0.3) is 5.56 Å². The fourth-order valence-electron chi connectivity index (χ4n) is 6.00. The molecule has 0 aliphatic carbocycles. The number of aliphatic hydroxyl groups is 2. The van der Waals surface area contributed by atoms with E-state index in [9.17, 15) is 19.8 Å². The van der Waals surface area contributed by atoms with Crippen molar-refractivity contribution in [2.24, 2.45) is 0 Å². The predicted molar refractivity (Wildman–Crippen MR) is 182 cm³/mol. The van der Waals surface area contributed by atoms with E-state index in [1.54, 1.807) is 72.8 Å². The summed E-state index contributed by atoms with van der Waals surface area (Å²) in [5, 5.41) is 24.5. The van der Waals surface area contributed by atoms with E-state index in [1.807, 2.05) is 39.9 Å². The molecule has 1 aliphatic heterocycles. The zero-order valence-corrected chi connectivity index (χ0v) is 29.1. The summed E-state index contributed by atoms with van der Waals surface area (Å²) < 4.78 is 42.1. The molecule has 2 heterocycles. The van der Waals surface area contributed by atoms with Gasteiger partial charge in [-0.25, -0.2) is 9.18 Å². The first-order chi connectivity index (χ1) is 22.6. The molecule has 0 spiro atoms. The Kier molecular flexibility index (Phi) is 9.61. The van der Waals surface area contributed by atoms with Gasteiger partial charge in [0.05, 0.1) is 28.0 Å². The van der Waals surface area contributed by atoms with Crippen molar-refractivity contribution in [3.8, 4) is 11.5 Å². The number of benzene rings is 3. The minimum atomic E-state index is -2.86. The minimum Gasteiger partial charge on any atom is -0.497 e. The van der Waals surface area contributed by atoms with Crippen LogP contribution in [0.3, 0.4) is 0 Å². The third kappa shape index (κ3) is 6.03. The van der Waals surface area contributed by atoms with Gasteiger partial charge in [0.1, 0.15) is 23.2 Å². The van der Waals surface area contributed by atoms with Crippen molar-refractivity contribution in [3.63, 3.8) is 0 Å². The maximum Gasteiger partial charge on any atom is 0.330 e. The van der Waals surface area contributed by atoms with Crippen LogP contribution in [-0.2, 0) is 15.1 Å². The van der Waals surface area contributed by atoms with E-state index in [2.05, 4.69) is 4.98 Å². The van der Waals surface area contributed by atoms with Crippen molar-refractivity contribution in [1.82, 2.24) is 9.55 Å². The Labute approximate surface area is 279 Å². The van der Waals surface area contributed by atoms with Crippen LogP contribution in [0.25, 0.3) is 0 Å². The predicted octanol–water partition coefficient (Wildman–Crippen LogP) is 4.90. The molecule has 5 rings (SSSR count). The van der Waals surface area contributed by atoms with E-state index in [4.69, 9.17) is 18.9 Å². The second-order valence-corrected chi connectivity index (χ2v) is 19.2. The number of aliphatic hydroxyl groups excluding tert-OH is 1. The summed E-state index contributed by atoms with van der Waals surface area (Å²) in [5.74, 6) is -1.74. The molecule has 10 nitrogen and oxygen atoms in total. The smallest absolute Gasteiger partial charge is 0.330 e. The van der Waals surface area contributed by atoms with Gasteiger partial charge < -0.3 is 29.2 Å². The summed E-state index contributed by atoms with van der Waals surface area (Å²) in [6.45, 7) is 9.75. The highest BCUT2D eigenvalue weighted by molar-refractivity contribution is 6.81. The van der Waals surface area contributed by atoms with Gasteiger partial charge in [0, 0.05) is 12.3 Å². The molecule has 1 aromatic heterocycles. The lowest BCUT2D eigenvalue weighted by atomic mass is 9.79. The molecule has 5 atom stereocenters. The van der Waals surface area contributed by atoms with Crippen molar-refractivity contribution >= 4 is 8.07 Å². The third-order valence-corrected chi connectivity index (χ3v) is 15.6. The van der Waals surface area contributed by atoms with Crippen molar-refractivity contribution < 1.29 is 33.6 Å². The van der Waals surface area contributed by atoms with Gasteiger partial charge in [-0.1, -0.05) is 88.5 Å². The molecule has 3 N–H and O–H groups in total. The van der Waals surface area contributed by atoms with Crippen LogP contribution in [-0.4, -0.2) is 65.8 Å². The lowest BCUT2D eigenvalue weighted by Crippen LogP contribution is -2.64. The highest BCUT2D eigenvalue weighted by Crippen LogP contribution is 2.52. The molecule has 0 radical (unpaired) electrons. The summed E-state index contributed by atoms with van der Waals surface area (Å²) in [5.41, 5.74) is -3.18. The van der Waals surface area contributed by atoms with Crippen LogP contribution in [0, 0.1) is 0 Å². The molecular weight excluding hydrogens is 635 g/mol. The first-order valence-corrected chi connectivity index (χ1v) is 18.7. The largest absolute Gasteiger partial charge is 0.497 e. The van der Waals surface area contributed by atoms with Crippen LogP contribution < -0.4 is 20.7 Å². The number of hydrogen-bond donors (Lipinski definition) is 3. The zero-order chi connectivity index (χ0) is 35.1. The Morgan fingerprint density at radius 2 is 1.38 bits per heavy atom. The number of ether oxygens (including phenoxy) is 4. The molecule has 256 valence electrons. The average Bonchev–Trinajstić information content (AvgIpc) is 3.32. The van der Waals surface area contributed by atoms with E-state index in [-0.39, 0.29) is 0 Å². The third-order valence-electron chi connectivity index (χ3n) is 9.91. The summed E-state index contributed by atoms with van der Waals surface area (Å²) >= 11 is 0. The summed E-state index contributed by atoms with van der Waals surface area (Å²) in [7, 11) is 0.241. The van der Waals surface area contributed by atoms with Crippen molar-refractivity contribution in [2.45, 2.75) is 74.5 Å². The molecular formula is C36H43FN2O8Si. The Morgan fingerprint density at radius 3 is 1.83 bits per heavy atom. The van der Waals surface area contributed by atoms with Gasteiger partial charge in [-0.2, -0.15) is 0 Å². The number of alkyl halides is 1. The van der Waals surface area contributed by atoms with E-state index in [1.165, 1.54) is 14.2 Å². The molecule has 1 unspecified atom stereocenters. The highest BCUT2D eigenvalue weighted by atomic mass is 28.3. The van der Waals surface area contributed by atoms with E-state index in [0.29, 0.717) is 28.2 Å². The molecule has 1 saturated heterocycles. The number of methoxy groups -OCH3 is 2. The van der Waals surface area contributed by atoms with Gasteiger partial charge >= 0.3 is 5.69 Å². The first kappa shape index (κ1) is 35.2. The van der Waals surface area contributed by atoms with Gasteiger partial charge in [-0.05, 0) is 46.0 Å². The number of H-pyrrole nitrogens is 1. The molecule has 4 aromatic rings. The SMILES string of the molecule is COc1ccc(C(O[C@@]2(O)[C@@H](C(O)[Si](C)(C)C(C)(C)C)O[C@@H](n3ccc(=O)[nH]c3=O)[C@@H]2F)(c2ccccc2)c2ccc(OC)cc2)cc1. The fourth-order valence-corrected chi connectivity index (χ4v) is 7.96. The summed E-state index contributed by atoms with van der Waals surface area (Å²) in [6.07, 6.45) is -4.76. The molecule has 1 fully saturated rings. The van der Waals surface area contributed by atoms with Crippen LogP contribution >= 0.6 is 0 Å². The van der Waals surface area contributed by atoms with Crippen LogP contribution in [0.15, 0.2) is 101 Å². The van der Waals surface area contributed by atoms with E-state index >= 15 is 4.39 Å². The standard InChI is InChI=1S/C36H43FN2O8Si/c1-34(2,3)48(6,7)32(41)30-36(43,29(37)31(46-30)39-22-21-28(40)38-33(39)42)47-35(23-11-9-8-10-12-23,24-13-17-26(44-4)18-14-24)25-15-19-27(45-5)20-16-25/h8-22,29-32,41,43H,1-7H3,(H,38,40,42)/t29-,30+,31+,32?,36+/m0/s1. The normalized spacial score (nSPS) is 22.3. The van der Waals surface area contributed by atoms with Crippen LogP contribution in [0.2, 0.25) is 18.1 Å². The highest BCUT2D eigenvalue weighted by Gasteiger charge is 2.67. The molecule has 0 amide bonds. The Balaban J connectivity index is 1.81. The number of nitrogens with zero attached hydrogens (tertiary/aromatic N) is 1. The number of hydrogen-bond acceptors (Lipinski definition) is 8. The molecule has 0 bridgehead atoms. The van der Waals surface area contributed by atoms with Crippen molar-refractivity contribution in [2.75, 3.05) is 14.2 Å². The van der Waals surface area contributed by atoms with Crippen molar-refractivity contribution in [3.05, 3.63) is 129 Å². The van der Waals surface area contributed by atoms with Crippen LogP contribution in [0.4, 0.5) is 4.39 Å². The number of halogens is 1. The zero-order valence-electron chi connectivity index (χ0n) is 28.1. The van der Waals surface area contributed by atoms with E-state index in [0.717, 1.165) is 16.8 Å². The number of nitrogens with one attached hydrogen (secondary N) is 1. The Bertz CT molecular complexity index is 1770. The second kappa shape index (κ2) is 13.1.